The molecule has 0 aliphatic carbocycles. The Bertz CT molecular complexity index is 378. The van der Waals surface area contributed by atoms with Gasteiger partial charge < -0.3 is 15.2 Å². The first-order valence-electron chi connectivity index (χ1n) is 5.61. The number of aliphatic carboxylic acids is 1. The zero-order valence-corrected chi connectivity index (χ0v) is 10.5. The van der Waals surface area contributed by atoms with Crippen LogP contribution >= 0.6 is 0 Å². The first-order chi connectivity index (χ1) is 9.01. The molecule has 1 unspecified atom stereocenters. The van der Waals surface area contributed by atoms with Gasteiger partial charge in [0.15, 0.2) is 0 Å². The summed E-state index contributed by atoms with van der Waals surface area (Å²) in [4.78, 5) is 35.6. The molecule has 0 bridgehead atoms. The number of azide groups is 1. The summed E-state index contributed by atoms with van der Waals surface area (Å²) in [6.07, 6.45) is 0.198. The van der Waals surface area contributed by atoms with Crippen LogP contribution in [0.25, 0.3) is 10.4 Å². The molecule has 1 atom stereocenters. The van der Waals surface area contributed by atoms with Crippen LogP contribution in [0.3, 0.4) is 0 Å². The van der Waals surface area contributed by atoms with Gasteiger partial charge in [-0.1, -0.05) is 5.11 Å². The van der Waals surface area contributed by atoms with E-state index in [1.165, 1.54) is 7.11 Å². The maximum atomic E-state index is 11.5. The highest BCUT2D eigenvalue weighted by Crippen LogP contribution is 2.00. The Balaban J connectivity index is 4.22. The maximum Gasteiger partial charge on any atom is 0.328 e. The number of nitrogens with one attached hydrogen (secondary N) is 1. The summed E-state index contributed by atoms with van der Waals surface area (Å²) < 4.78 is 4.50. The molecule has 0 aliphatic heterocycles. The number of hydrogen-bond donors (Lipinski definition) is 2. The van der Waals surface area contributed by atoms with Crippen molar-refractivity contribution < 1.29 is 24.2 Å². The van der Waals surface area contributed by atoms with Crippen molar-refractivity contribution in [2.45, 2.75) is 31.7 Å². The average Bonchev–Trinajstić information content (AvgIpc) is 2.36. The van der Waals surface area contributed by atoms with Crippen LogP contribution < -0.4 is 5.32 Å². The van der Waals surface area contributed by atoms with Crippen LogP contribution in [0.1, 0.15) is 25.7 Å². The summed E-state index contributed by atoms with van der Waals surface area (Å²) in [7, 11) is 1.18. The Kier molecular flexibility index (Phi) is 8.55. The second-order valence-corrected chi connectivity index (χ2v) is 3.63. The van der Waals surface area contributed by atoms with Crippen molar-refractivity contribution in [3.8, 4) is 0 Å². The predicted octanol–water partition coefficient (Wildman–Crippen LogP) is 0.599. The van der Waals surface area contributed by atoms with Gasteiger partial charge in [-0.05, 0) is 18.4 Å². The molecule has 0 saturated heterocycles. The van der Waals surface area contributed by atoms with Crippen LogP contribution in [-0.2, 0) is 19.1 Å². The molecule has 9 heteroatoms. The highest BCUT2D eigenvalue weighted by atomic mass is 16.5. The molecule has 1 amide bonds. The van der Waals surface area contributed by atoms with E-state index in [-0.39, 0.29) is 32.2 Å². The SMILES string of the molecule is COC(=O)C(CCN=[N+]=[N-])NC(=O)CCCC(=O)O. The van der Waals surface area contributed by atoms with Gasteiger partial charge in [0.2, 0.25) is 5.91 Å². The van der Waals surface area contributed by atoms with Crippen molar-refractivity contribution in [1.82, 2.24) is 5.32 Å². The van der Waals surface area contributed by atoms with E-state index in [9.17, 15) is 14.4 Å². The van der Waals surface area contributed by atoms with Gasteiger partial charge in [0, 0.05) is 24.3 Å². The number of hydrogen-bond acceptors (Lipinski definition) is 5. The van der Waals surface area contributed by atoms with E-state index in [0.29, 0.717) is 0 Å². The molecule has 0 radical (unpaired) electrons. The van der Waals surface area contributed by atoms with Crippen LogP contribution in [0, 0.1) is 0 Å². The van der Waals surface area contributed by atoms with Gasteiger partial charge in [-0.3, -0.25) is 9.59 Å². The van der Waals surface area contributed by atoms with Crippen molar-refractivity contribution in [2.24, 2.45) is 5.11 Å². The molecule has 0 aliphatic rings. The zero-order chi connectivity index (χ0) is 14.7. The molecule has 0 fully saturated rings. The zero-order valence-electron chi connectivity index (χ0n) is 10.5. The maximum absolute atomic E-state index is 11.5. The van der Waals surface area contributed by atoms with Crippen LogP contribution in [0.15, 0.2) is 5.11 Å². The van der Waals surface area contributed by atoms with E-state index >= 15 is 0 Å². The van der Waals surface area contributed by atoms with Crippen LogP contribution in [0.5, 0.6) is 0 Å². The standard InChI is InChI=1S/C10H16N4O5/c1-19-10(18)7(5-6-12-14-11)13-8(15)3-2-4-9(16)17/h7H,2-6H2,1H3,(H,13,15)(H,16,17). The summed E-state index contributed by atoms with van der Waals surface area (Å²) in [6, 6.07) is -0.896. The van der Waals surface area contributed by atoms with E-state index in [0.717, 1.165) is 0 Å². The minimum absolute atomic E-state index is 0.00130. The third kappa shape index (κ3) is 8.44. The fourth-order valence-electron chi connectivity index (χ4n) is 1.29. The first kappa shape index (κ1) is 16.7. The number of amides is 1. The largest absolute Gasteiger partial charge is 0.481 e. The highest BCUT2D eigenvalue weighted by molar-refractivity contribution is 5.84. The molecule has 0 aromatic heterocycles. The lowest BCUT2D eigenvalue weighted by atomic mass is 10.2. The smallest absolute Gasteiger partial charge is 0.328 e. The van der Waals surface area contributed by atoms with Crippen LogP contribution in [0.4, 0.5) is 0 Å². The normalized spacial score (nSPS) is 11.0. The van der Waals surface area contributed by atoms with Crippen LogP contribution in [0.2, 0.25) is 0 Å². The molecule has 19 heavy (non-hydrogen) atoms. The number of esters is 1. The van der Waals surface area contributed by atoms with Crippen molar-refractivity contribution in [3.05, 3.63) is 10.4 Å². The van der Waals surface area contributed by atoms with Crippen molar-refractivity contribution in [1.29, 1.82) is 0 Å². The molecule has 2 N–H and O–H groups in total. The van der Waals surface area contributed by atoms with Gasteiger partial charge in [-0.25, -0.2) is 4.79 Å². The minimum atomic E-state index is -0.985. The summed E-state index contributed by atoms with van der Waals surface area (Å²) in [6.45, 7) is 0.0473. The lowest BCUT2D eigenvalue weighted by Gasteiger charge is -2.15. The molecule has 0 saturated carbocycles. The molecule has 0 spiro atoms. The topological polar surface area (TPSA) is 141 Å². The van der Waals surface area contributed by atoms with E-state index in [1.807, 2.05) is 0 Å². The summed E-state index contributed by atoms with van der Waals surface area (Å²) in [5.41, 5.74) is 8.12. The molecular formula is C10H16N4O5. The number of carboxylic acids is 1. The summed E-state index contributed by atoms with van der Waals surface area (Å²) in [5, 5.41) is 14.1. The van der Waals surface area contributed by atoms with Crippen molar-refractivity contribution in [2.75, 3.05) is 13.7 Å². The minimum Gasteiger partial charge on any atom is -0.481 e. The first-order valence-corrected chi connectivity index (χ1v) is 5.61. The van der Waals surface area contributed by atoms with Crippen LogP contribution in [-0.4, -0.2) is 42.6 Å². The molecular weight excluding hydrogens is 256 g/mol. The van der Waals surface area contributed by atoms with Crippen molar-refractivity contribution >= 4 is 17.8 Å². The van der Waals surface area contributed by atoms with Gasteiger partial charge in [-0.15, -0.1) is 0 Å². The van der Waals surface area contributed by atoms with Gasteiger partial charge in [-0.2, -0.15) is 0 Å². The summed E-state index contributed by atoms with van der Waals surface area (Å²) >= 11 is 0. The summed E-state index contributed by atoms with van der Waals surface area (Å²) in [5.74, 6) is -2.07. The Morgan fingerprint density at radius 1 is 1.42 bits per heavy atom. The Morgan fingerprint density at radius 2 is 2.11 bits per heavy atom. The number of ether oxygens (including phenoxy) is 1. The fraction of sp³-hybridized carbons (Fsp3) is 0.700. The molecule has 0 aromatic carbocycles. The van der Waals surface area contributed by atoms with E-state index < -0.39 is 23.9 Å². The van der Waals surface area contributed by atoms with Gasteiger partial charge in [0.1, 0.15) is 6.04 Å². The fourth-order valence-corrected chi connectivity index (χ4v) is 1.29. The van der Waals surface area contributed by atoms with Gasteiger partial charge in [0.25, 0.3) is 0 Å². The van der Waals surface area contributed by atoms with E-state index in [2.05, 4.69) is 20.1 Å². The number of rotatable bonds is 9. The number of carbonyl (C=O) groups excluding carboxylic acids is 2. The number of carbonyl (C=O) groups is 3. The second kappa shape index (κ2) is 9.72. The predicted molar refractivity (Wildman–Crippen MR) is 64.1 cm³/mol. The third-order valence-electron chi connectivity index (χ3n) is 2.20. The molecule has 0 heterocycles. The molecule has 0 rings (SSSR count). The lowest BCUT2D eigenvalue weighted by molar-refractivity contribution is -0.145. The Morgan fingerprint density at radius 3 is 2.63 bits per heavy atom. The number of carboxylic acid groups (broad SMARTS) is 1. The molecule has 9 nitrogen and oxygen atoms in total. The van der Waals surface area contributed by atoms with E-state index in [1.54, 1.807) is 0 Å². The molecule has 106 valence electrons. The Hall–Kier alpha value is -2.28. The Labute approximate surface area is 109 Å². The highest BCUT2D eigenvalue weighted by Gasteiger charge is 2.20. The monoisotopic (exact) mass is 272 g/mol. The quantitative estimate of drug-likeness (QED) is 0.273. The van der Waals surface area contributed by atoms with Gasteiger partial charge >= 0.3 is 11.9 Å². The third-order valence-corrected chi connectivity index (χ3v) is 2.20. The number of methoxy groups -OCH3 is 1. The lowest BCUT2D eigenvalue weighted by Crippen LogP contribution is -2.41. The van der Waals surface area contributed by atoms with E-state index in [4.69, 9.17) is 10.6 Å². The second-order valence-electron chi connectivity index (χ2n) is 3.63. The van der Waals surface area contributed by atoms with Gasteiger partial charge in [0.05, 0.1) is 7.11 Å². The average molecular weight is 272 g/mol. The van der Waals surface area contributed by atoms with Crippen molar-refractivity contribution in [3.63, 3.8) is 0 Å². The molecule has 0 aromatic rings. The number of nitrogens with zero attached hydrogens (tertiary/aromatic N) is 3.